The summed E-state index contributed by atoms with van der Waals surface area (Å²) in [6.07, 6.45) is 10.5. The van der Waals surface area contributed by atoms with Gasteiger partial charge in [-0.1, -0.05) is 166 Å². The molecule has 0 fully saturated rings. The van der Waals surface area contributed by atoms with Crippen molar-refractivity contribution in [1.82, 2.24) is 28.7 Å². The van der Waals surface area contributed by atoms with E-state index in [9.17, 15) is 0 Å². The van der Waals surface area contributed by atoms with Crippen LogP contribution in [0.3, 0.4) is 0 Å². The predicted octanol–water partition coefficient (Wildman–Crippen LogP) is 20.6. The molecule has 9 aromatic carbocycles. The van der Waals surface area contributed by atoms with E-state index < -0.39 is 10.8 Å². The van der Waals surface area contributed by atoms with Crippen LogP contribution >= 0.6 is 0 Å². The molecule has 0 spiro atoms. The molecule has 0 aliphatic heterocycles. The molecule has 2 atom stereocenters. The number of hydrogen-bond acceptors (Lipinski definition) is 3. The molecular formula is C82H79IrN6. The molecule has 89 heavy (non-hydrogen) atoms. The zero-order valence-corrected chi connectivity index (χ0v) is 55.7. The summed E-state index contributed by atoms with van der Waals surface area (Å²) in [5.74, 6) is 3.41. The summed E-state index contributed by atoms with van der Waals surface area (Å²) < 4.78 is 7.04. The van der Waals surface area contributed by atoms with Crippen LogP contribution in [0.2, 0.25) is 0 Å². The second kappa shape index (κ2) is 25.8. The van der Waals surface area contributed by atoms with Gasteiger partial charge in [0, 0.05) is 42.1 Å². The van der Waals surface area contributed by atoms with Crippen LogP contribution in [0.5, 0.6) is 0 Å². The van der Waals surface area contributed by atoms with E-state index in [1.165, 1.54) is 61.2 Å². The Morgan fingerprint density at radius 2 is 0.798 bits per heavy atom. The Morgan fingerprint density at radius 3 is 1.27 bits per heavy atom. The van der Waals surface area contributed by atoms with Crippen LogP contribution in [0.1, 0.15) is 175 Å². The van der Waals surface area contributed by atoms with Gasteiger partial charge in [0.2, 0.25) is 0 Å². The van der Waals surface area contributed by atoms with E-state index in [2.05, 4.69) is 310 Å². The van der Waals surface area contributed by atoms with Crippen molar-refractivity contribution in [3.63, 3.8) is 0 Å². The van der Waals surface area contributed by atoms with Crippen molar-refractivity contribution in [3.8, 4) is 61.8 Å². The topological polar surface area (TPSA) is 53.5 Å². The minimum Gasteiger partial charge on any atom is -0.339 e. The van der Waals surface area contributed by atoms with Crippen molar-refractivity contribution in [1.29, 1.82) is 0 Å². The standard InChI is InChI=1S/C82H79N6.Ir/c1-54(2)69-48-62(59-29-18-13-19-30-59)41-42-74(69)86-45-43-83-79(86)81(11,66-36-24-16-25-37-66)68-40-28-35-63(47-68)78-85-75(53-88(78)77-72(57(7)8)51-65(52-73(77)58(9)10)61-33-22-15-23-34-61)82(12,67-38-26-17-27-39-67)80-84-44-46-87(80)76-70(55(3)4)49-64(50-71(76)56(5)6)60-31-20-14-21-32-60;/h13-36,38,40-46,48-58H,1-12H3;/q-3;+3/t81?,82-;/m0./s1. The molecular weight excluding hydrogens is 1260 g/mol. The van der Waals surface area contributed by atoms with Crippen molar-refractivity contribution >= 4 is 0 Å². The second-order valence-corrected chi connectivity index (χ2v) is 25.5. The molecule has 0 aliphatic carbocycles. The van der Waals surface area contributed by atoms with E-state index in [0.29, 0.717) is 0 Å². The quantitative estimate of drug-likeness (QED) is 0.0805. The fraction of sp³-hybridized carbons (Fsp3) is 0.232. The maximum atomic E-state index is 6.06. The van der Waals surface area contributed by atoms with Crippen LogP contribution in [0, 0.1) is 18.2 Å². The number of benzene rings is 9. The molecule has 12 aromatic rings. The Hall–Kier alpha value is -8.74. The van der Waals surface area contributed by atoms with Gasteiger partial charge in [-0.15, -0.1) is 46.5 Å². The van der Waals surface area contributed by atoms with Crippen molar-refractivity contribution < 1.29 is 20.1 Å². The first-order valence-electron chi connectivity index (χ1n) is 31.4. The Morgan fingerprint density at radius 1 is 0.382 bits per heavy atom. The van der Waals surface area contributed by atoms with Crippen LogP contribution in [-0.4, -0.2) is 28.7 Å². The smallest absolute Gasteiger partial charge is 0.339 e. The minimum absolute atomic E-state index is 0. The van der Waals surface area contributed by atoms with E-state index in [1.54, 1.807) is 0 Å². The third-order valence-electron chi connectivity index (χ3n) is 18.0. The molecule has 446 valence electrons. The summed E-state index contributed by atoms with van der Waals surface area (Å²) in [6, 6.07) is 83.5. The van der Waals surface area contributed by atoms with Gasteiger partial charge < -0.3 is 13.7 Å². The molecule has 0 saturated carbocycles. The zero-order valence-electron chi connectivity index (χ0n) is 53.3. The fourth-order valence-corrected chi connectivity index (χ4v) is 13.1. The van der Waals surface area contributed by atoms with E-state index in [1.807, 2.05) is 36.7 Å². The first kappa shape index (κ1) is 61.9. The number of nitrogens with zero attached hydrogens (tertiary/aromatic N) is 6. The van der Waals surface area contributed by atoms with Crippen molar-refractivity contribution in [2.24, 2.45) is 0 Å². The van der Waals surface area contributed by atoms with Gasteiger partial charge in [0.25, 0.3) is 0 Å². The van der Waals surface area contributed by atoms with E-state index in [-0.39, 0.29) is 49.7 Å². The summed E-state index contributed by atoms with van der Waals surface area (Å²) >= 11 is 0. The zero-order chi connectivity index (χ0) is 61.4. The maximum absolute atomic E-state index is 6.06. The Kier molecular flexibility index (Phi) is 17.9. The average Bonchev–Trinajstić information content (AvgIpc) is 1.68. The molecule has 0 aliphatic rings. The predicted molar refractivity (Wildman–Crippen MR) is 363 cm³/mol. The van der Waals surface area contributed by atoms with Crippen LogP contribution < -0.4 is 0 Å². The molecule has 7 heteroatoms. The van der Waals surface area contributed by atoms with E-state index in [0.717, 1.165) is 62.5 Å². The van der Waals surface area contributed by atoms with Gasteiger partial charge >= 0.3 is 20.1 Å². The van der Waals surface area contributed by atoms with Gasteiger partial charge in [-0.05, 0) is 141 Å². The average molecular weight is 1340 g/mol. The fourth-order valence-electron chi connectivity index (χ4n) is 13.1. The molecule has 0 radical (unpaired) electrons. The van der Waals surface area contributed by atoms with Crippen LogP contribution in [0.25, 0.3) is 61.8 Å². The normalized spacial score (nSPS) is 13.1. The summed E-state index contributed by atoms with van der Waals surface area (Å²) in [6.45, 7) is 27.6. The van der Waals surface area contributed by atoms with Crippen LogP contribution in [-0.2, 0) is 30.9 Å². The molecule has 6 nitrogen and oxygen atoms in total. The summed E-state index contributed by atoms with van der Waals surface area (Å²) in [5.41, 5.74) is 19.5. The van der Waals surface area contributed by atoms with E-state index in [4.69, 9.17) is 15.0 Å². The number of imidazole rings is 3. The number of rotatable bonds is 18. The van der Waals surface area contributed by atoms with Gasteiger partial charge in [-0.2, -0.15) is 60.7 Å². The largest absolute Gasteiger partial charge is 3.00 e. The third-order valence-corrected chi connectivity index (χ3v) is 18.0. The van der Waals surface area contributed by atoms with Gasteiger partial charge in [0.15, 0.2) is 0 Å². The molecule has 12 rings (SSSR count). The molecule has 3 aromatic heterocycles. The molecule has 0 bridgehead atoms. The third kappa shape index (κ3) is 11.6. The molecule has 1 unspecified atom stereocenters. The summed E-state index contributed by atoms with van der Waals surface area (Å²) in [7, 11) is 0. The number of aromatic nitrogens is 6. The SMILES string of the molecule is CC(C)c1cc(-c2ccccc2)ccc1-n1ccnc1C(C)(c1[c-]cccc1)c1[c-]c(-c2nc([C@](C)(c3[c-]cccc3)c3nccn3-c3c(C(C)C)cc(-c4ccccc4)cc3C(C)C)cn2-c2c(C(C)C)cc(-c3ccccc3)cc2C(C)C)ccc1.[Ir+3]. The maximum Gasteiger partial charge on any atom is 3.00 e. The first-order valence-corrected chi connectivity index (χ1v) is 31.4. The molecule has 3 heterocycles. The molecule has 0 saturated heterocycles. The van der Waals surface area contributed by atoms with Crippen molar-refractivity contribution in [2.45, 2.75) is 124 Å². The Bertz CT molecular complexity index is 4320. The van der Waals surface area contributed by atoms with Gasteiger partial charge in [0.05, 0.1) is 28.3 Å². The second-order valence-electron chi connectivity index (χ2n) is 25.5. The molecule has 0 N–H and O–H groups in total. The van der Waals surface area contributed by atoms with Crippen LogP contribution in [0.4, 0.5) is 0 Å². The van der Waals surface area contributed by atoms with Gasteiger partial charge in [0.1, 0.15) is 11.6 Å². The number of hydrogen-bond donors (Lipinski definition) is 0. The molecule has 0 amide bonds. The van der Waals surface area contributed by atoms with Gasteiger partial charge in [-0.3, -0.25) is 4.98 Å². The van der Waals surface area contributed by atoms with Crippen molar-refractivity contribution in [3.05, 3.63) is 311 Å². The van der Waals surface area contributed by atoms with E-state index >= 15 is 0 Å². The van der Waals surface area contributed by atoms with Crippen LogP contribution in [0.15, 0.2) is 231 Å². The summed E-state index contributed by atoms with van der Waals surface area (Å²) in [4.78, 5) is 16.9. The van der Waals surface area contributed by atoms with Gasteiger partial charge in [-0.25, -0.2) is 9.97 Å². The Balaban J connectivity index is 0.00000817. The Labute approximate surface area is 541 Å². The first-order chi connectivity index (χ1) is 42.6. The monoisotopic (exact) mass is 1340 g/mol. The minimum atomic E-state index is -0.953. The van der Waals surface area contributed by atoms with Crippen molar-refractivity contribution in [2.75, 3.05) is 0 Å². The summed E-state index contributed by atoms with van der Waals surface area (Å²) in [5, 5.41) is 0.